The summed E-state index contributed by atoms with van der Waals surface area (Å²) in [5.74, 6) is 0.701. The number of piperidine rings is 1. The number of rotatable bonds is 3. The number of nitrogens with zero attached hydrogens (tertiary/aromatic N) is 4. The van der Waals surface area contributed by atoms with Crippen LogP contribution in [0, 0.1) is 0 Å². The van der Waals surface area contributed by atoms with Crippen LogP contribution in [0.15, 0.2) is 36.7 Å². The Kier molecular flexibility index (Phi) is 5.55. The number of ether oxygens (including phenoxy) is 1. The molecule has 2 fully saturated rings. The maximum Gasteiger partial charge on any atom is 0.274 e. The zero-order chi connectivity index (χ0) is 18.6. The zero-order valence-electron chi connectivity index (χ0n) is 15.2. The van der Waals surface area contributed by atoms with Crippen molar-refractivity contribution in [1.82, 2.24) is 14.9 Å². The smallest absolute Gasteiger partial charge is 0.274 e. The molecule has 2 aliphatic heterocycles. The molecule has 0 saturated carbocycles. The Hall–Kier alpha value is -2.18. The minimum absolute atomic E-state index is 0.0217. The summed E-state index contributed by atoms with van der Waals surface area (Å²) >= 11 is 5.98. The Morgan fingerprint density at radius 1 is 1.07 bits per heavy atom. The van der Waals surface area contributed by atoms with Gasteiger partial charge in [-0.25, -0.2) is 4.98 Å². The van der Waals surface area contributed by atoms with Crippen LogP contribution in [0.3, 0.4) is 0 Å². The fourth-order valence-electron chi connectivity index (χ4n) is 3.61. The molecule has 1 amide bonds. The number of hydrogen-bond acceptors (Lipinski definition) is 5. The van der Waals surface area contributed by atoms with Gasteiger partial charge in [0.05, 0.1) is 19.0 Å². The van der Waals surface area contributed by atoms with E-state index in [0.717, 1.165) is 43.9 Å². The largest absolute Gasteiger partial charge is 0.370 e. The molecule has 1 aromatic carbocycles. The first-order valence-electron chi connectivity index (χ1n) is 9.44. The Balaban J connectivity index is 1.49. The lowest BCUT2D eigenvalue weighted by atomic mass is 10.1. The summed E-state index contributed by atoms with van der Waals surface area (Å²) < 4.78 is 5.92. The van der Waals surface area contributed by atoms with Crippen molar-refractivity contribution >= 4 is 23.3 Å². The van der Waals surface area contributed by atoms with E-state index in [1.807, 2.05) is 29.2 Å². The highest BCUT2D eigenvalue weighted by Gasteiger charge is 2.25. The normalized spacial score (nSPS) is 20.6. The van der Waals surface area contributed by atoms with Gasteiger partial charge in [-0.05, 0) is 37.0 Å². The van der Waals surface area contributed by atoms with Crippen molar-refractivity contribution in [3.05, 3.63) is 52.9 Å². The monoisotopic (exact) mass is 386 g/mol. The topological polar surface area (TPSA) is 58.6 Å². The van der Waals surface area contributed by atoms with E-state index in [9.17, 15) is 4.79 Å². The summed E-state index contributed by atoms with van der Waals surface area (Å²) in [6.45, 7) is 3.60. The fourth-order valence-corrected chi connectivity index (χ4v) is 3.73. The number of morpholine rings is 1. The minimum Gasteiger partial charge on any atom is -0.370 e. The van der Waals surface area contributed by atoms with E-state index in [-0.39, 0.29) is 12.0 Å². The third-order valence-electron chi connectivity index (χ3n) is 5.12. The van der Waals surface area contributed by atoms with Crippen LogP contribution < -0.4 is 4.90 Å². The summed E-state index contributed by atoms with van der Waals surface area (Å²) in [7, 11) is 0. The molecule has 2 aromatic rings. The van der Waals surface area contributed by atoms with Crippen molar-refractivity contribution in [3.8, 4) is 0 Å². The van der Waals surface area contributed by atoms with Crippen LogP contribution in [0.2, 0.25) is 5.02 Å². The second-order valence-electron chi connectivity index (χ2n) is 6.97. The molecule has 0 spiro atoms. The number of likely N-dealkylation sites (tertiary alicyclic amines) is 1. The van der Waals surface area contributed by atoms with E-state index in [1.165, 1.54) is 6.42 Å². The Morgan fingerprint density at radius 3 is 2.63 bits per heavy atom. The second-order valence-corrected chi connectivity index (χ2v) is 7.41. The number of anilines is 1. The second kappa shape index (κ2) is 8.23. The number of carbonyl (C=O) groups excluding carboxylic acids is 1. The number of halogens is 1. The van der Waals surface area contributed by atoms with Crippen LogP contribution in [0.1, 0.15) is 41.4 Å². The van der Waals surface area contributed by atoms with Gasteiger partial charge in [-0.3, -0.25) is 9.78 Å². The molecule has 0 aliphatic carbocycles. The standard InChI is InChI=1S/C20H23ClN4O2/c21-16-6-4-15(5-7-16)18-14-25(10-11-27-18)19-13-22-12-17(23-19)20(26)24-8-2-1-3-9-24/h4-7,12-13,18H,1-3,8-11,14H2/t18-/m1/s1. The first kappa shape index (κ1) is 18.2. The van der Waals surface area contributed by atoms with Crippen LogP contribution in [-0.4, -0.2) is 53.6 Å². The molecule has 2 aliphatic rings. The van der Waals surface area contributed by atoms with Gasteiger partial charge in [0.2, 0.25) is 0 Å². The van der Waals surface area contributed by atoms with Gasteiger partial charge < -0.3 is 14.5 Å². The number of hydrogen-bond donors (Lipinski definition) is 0. The highest BCUT2D eigenvalue weighted by atomic mass is 35.5. The van der Waals surface area contributed by atoms with Crippen molar-refractivity contribution in [3.63, 3.8) is 0 Å². The molecule has 1 atom stereocenters. The van der Waals surface area contributed by atoms with Gasteiger partial charge >= 0.3 is 0 Å². The molecule has 0 unspecified atom stereocenters. The highest BCUT2D eigenvalue weighted by molar-refractivity contribution is 6.30. The first-order valence-corrected chi connectivity index (χ1v) is 9.82. The van der Waals surface area contributed by atoms with Crippen molar-refractivity contribution in [2.75, 3.05) is 37.7 Å². The van der Waals surface area contributed by atoms with Crippen molar-refractivity contribution in [2.24, 2.45) is 0 Å². The average molecular weight is 387 g/mol. The number of amides is 1. The van der Waals surface area contributed by atoms with E-state index < -0.39 is 0 Å². The zero-order valence-corrected chi connectivity index (χ0v) is 15.9. The Labute approximate surface area is 164 Å². The van der Waals surface area contributed by atoms with Gasteiger partial charge in [-0.2, -0.15) is 0 Å². The summed E-state index contributed by atoms with van der Waals surface area (Å²) in [6.07, 6.45) is 6.54. The van der Waals surface area contributed by atoms with E-state index in [4.69, 9.17) is 16.3 Å². The third-order valence-corrected chi connectivity index (χ3v) is 5.37. The number of aromatic nitrogens is 2. The SMILES string of the molecule is O=C(c1cncc(N2CCO[C@@H](c3ccc(Cl)cc3)C2)n1)N1CCCCC1. The lowest BCUT2D eigenvalue weighted by Gasteiger charge is -2.34. The van der Waals surface area contributed by atoms with E-state index in [1.54, 1.807) is 12.4 Å². The Morgan fingerprint density at radius 2 is 1.85 bits per heavy atom. The molecule has 27 heavy (non-hydrogen) atoms. The highest BCUT2D eigenvalue weighted by Crippen LogP contribution is 2.26. The molecular formula is C20H23ClN4O2. The summed E-state index contributed by atoms with van der Waals surface area (Å²) in [4.78, 5) is 25.6. The maximum atomic E-state index is 12.7. The average Bonchev–Trinajstić information content (AvgIpc) is 2.74. The van der Waals surface area contributed by atoms with Crippen LogP contribution in [0.4, 0.5) is 5.82 Å². The van der Waals surface area contributed by atoms with Gasteiger partial charge in [-0.15, -0.1) is 0 Å². The van der Waals surface area contributed by atoms with Gasteiger partial charge in [0.25, 0.3) is 5.91 Å². The fraction of sp³-hybridized carbons (Fsp3) is 0.450. The predicted octanol–water partition coefficient (Wildman–Crippen LogP) is 3.33. The molecule has 0 bridgehead atoms. The lowest BCUT2D eigenvalue weighted by molar-refractivity contribution is 0.0395. The van der Waals surface area contributed by atoms with Gasteiger partial charge in [0.1, 0.15) is 17.6 Å². The van der Waals surface area contributed by atoms with Crippen LogP contribution in [0.5, 0.6) is 0 Å². The maximum absolute atomic E-state index is 12.7. The minimum atomic E-state index is -0.0562. The summed E-state index contributed by atoms with van der Waals surface area (Å²) in [5, 5.41) is 0.709. The number of benzene rings is 1. The van der Waals surface area contributed by atoms with Crippen molar-refractivity contribution in [2.45, 2.75) is 25.4 Å². The van der Waals surface area contributed by atoms with Crippen LogP contribution >= 0.6 is 11.6 Å². The molecular weight excluding hydrogens is 364 g/mol. The van der Waals surface area contributed by atoms with E-state index >= 15 is 0 Å². The predicted molar refractivity (Wildman–Crippen MR) is 104 cm³/mol. The molecule has 1 aromatic heterocycles. The van der Waals surface area contributed by atoms with Gasteiger partial charge in [-0.1, -0.05) is 23.7 Å². The van der Waals surface area contributed by atoms with Gasteiger partial charge in [0, 0.05) is 31.2 Å². The molecule has 142 valence electrons. The van der Waals surface area contributed by atoms with E-state index in [2.05, 4.69) is 14.9 Å². The van der Waals surface area contributed by atoms with Crippen molar-refractivity contribution < 1.29 is 9.53 Å². The molecule has 0 N–H and O–H groups in total. The van der Waals surface area contributed by atoms with Crippen LogP contribution in [0.25, 0.3) is 0 Å². The summed E-state index contributed by atoms with van der Waals surface area (Å²) in [5.41, 5.74) is 1.50. The molecule has 3 heterocycles. The lowest BCUT2D eigenvalue weighted by Crippen LogP contribution is -2.40. The molecule has 2 saturated heterocycles. The third kappa shape index (κ3) is 4.22. The summed E-state index contributed by atoms with van der Waals surface area (Å²) in [6, 6.07) is 7.71. The molecule has 0 radical (unpaired) electrons. The molecule has 4 rings (SSSR count). The molecule has 7 heteroatoms. The van der Waals surface area contributed by atoms with Crippen LogP contribution in [-0.2, 0) is 4.74 Å². The Bertz CT molecular complexity index is 793. The van der Waals surface area contributed by atoms with Crippen molar-refractivity contribution in [1.29, 1.82) is 0 Å². The van der Waals surface area contributed by atoms with Gasteiger partial charge in [0.15, 0.2) is 0 Å². The molecule has 6 nitrogen and oxygen atoms in total. The van der Waals surface area contributed by atoms with E-state index in [0.29, 0.717) is 23.9 Å². The number of carbonyl (C=O) groups is 1. The first-order chi connectivity index (χ1) is 13.2. The quantitative estimate of drug-likeness (QED) is 0.809.